The monoisotopic (exact) mass is 451 g/mol. The van der Waals surface area contributed by atoms with Crippen LogP contribution in [0.15, 0.2) is 0 Å². The van der Waals surface area contributed by atoms with E-state index in [2.05, 4.69) is 41.2 Å². The summed E-state index contributed by atoms with van der Waals surface area (Å²) in [6, 6.07) is -4.73. The zero-order chi connectivity index (χ0) is 22.7. The first kappa shape index (κ1) is 27.0. The Balaban J connectivity index is 5.46. The van der Waals surface area contributed by atoms with Crippen molar-refractivity contribution >= 4 is 54.9 Å². The number of amides is 4. The molecule has 0 bridgehead atoms. The number of carbonyl (C=O) groups is 5. The fourth-order valence-corrected chi connectivity index (χ4v) is 2.59. The number of primary amides is 1. The highest BCUT2D eigenvalue weighted by molar-refractivity contribution is 7.80. The molecule has 11 nitrogen and oxygen atoms in total. The molecule has 13 heteroatoms. The van der Waals surface area contributed by atoms with Gasteiger partial charge in [-0.1, -0.05) is 20.3 Å². The number of carbonyl (C=O) groups excluding carboxylic acids is 4. The van der Waals surface area contributed by atoms with Crippen LogP contribution in [-0.2, 0) is 24.0 Å². The number of nitrogens with one attached hydrogen (secondary N) is 3. The van der Waals surface area contributed by atoms with Crippen molar-refractivity contribution in [3.63, 3.8) is 0 Å². The third-order valence-electron chi connectivity index (χ3n) is 4.16. The molecule has 0 aliphatic carbocycles. The Morgan fingerprint density at radius 1 is 0.931 bits per heavy atom. The number of rotatable bonds is 13. The van der Waals surface area contributed by atoms with E-state index in [4.69, 9.17) is 16.6 Å². The van der Waals surface area contributed by atoms with Gasteiger partial charge in [-0.2, -0.15) is 25.3 Å². The van der Waals surface area contributed by atoms with Crippen molar-refractivity contribution in [1.29, 1.82) is 0 Å². The number of carboxylic acid groups (broad SMARTS) is 1. The summed E-state index contributed by atoms with van der Waals surface area (Å²) in [6.07, 6.45) is -0.0459. The summed E-state index contributed by atoms with van der Waals surface area (Å²) < 4.78 is 0. The Kier molecular flexibility index (Phi) is 12.4. The van der Waals surface area contributed by atoms with Gasteiger partial charge < -0.3 is 32.5 Å². The molecule has 0 aromatic rings. The molecule has 0 aliphatic rings. The number of aliphatic carboxylic acids is 1. The Labute approximate surface area is 179 Å². The first-order valence-electron chi connectivity index (χ1n) is 8.87. The van der Waals surface area contributed by atoms with E-state index < -0.39 is 60.2 Å². The third-order valence-corrected chi connectivity index (χ3v) is 4.92. The summed E-state index contributed by atoms with van der Waals surface area (Å²) >= 11 is 7.77. The normalized spacial score (nSPS) is 15.9. The molecule has 0 spiro atoms. The highest BCUT2D eigenvalue weighted by atomic mass is 32.1. The molecule has 29 heavy (non-hydrogen) atoms. The van der Waals surface area contributed by atoms with E-state index >= 15 is 0 Å². The molecule has 0 radical (unpaired) electrons. The Morgan fingerprint density at radius 2 is 1.48 bits per heavy atom. The van der Waals surface area contributed by atoms with Crippen molar-refractivity contribution in [1.82, 2.24) is 16.0 Å². The minimum absolute atomic E-state index is 0.0632. The van der Waals surface area contributed by atoms with Gasteiger partial charge in [0.25, 0.3) is 0 Å². The van der Waals surface area contributed by atoms with Crippen molar-refractivity contribution in [3.8, 4) is 0 Å². The number of nitrogens with two attached hydrogens (primary N) is 2. The number of hydrogen-bond acceptors (Lipinski definition) is 8. The second-order valence-corrected chi connectivity index (χ2v) is 7.20. The van der Waals surface area contributed by atoms with Crippen LogP contribution in [0.2, 0.25) is 0 Å². The van der Waals surface area contributed by atoms with E-state index in [1.165, 1.54) is 0 Å². The molecule has 0 aliphatic heterocycles. The zero-order valence-corrected chi connectivity index (χ0v) is 18.0. The first-order valence-corrected chi connectivity index (χ1v) is 10.1. The van der Waals surface area contributed by atoms with Crippen LogP contribution in [0.3, 0.4) is 0 Å². The topological polar surface area (TPSA) is 194 Å². The van der Waals surface area contributed by atoms with Crippen LogP contribution >= 0.6 is 25.3 Å². The smallest absolute Gasteiger partial charge is 0.327 e. The molecular weight excluding hydrogens is 422 g/mol. The van der Waals surface area contributed by atoms with E-state index in [0.717, 1.165) is 0 Å². The maximum atomic E-state index is 12.7. The molecule has 0 aromatic carbocycles. The average molecular weight is 452 g/mol. The lowest BCUT2D eigenvalue weighted by Gasteiger charge is -2.27. The summed E-state index contributed by atoms with van der Waals surface area (Å²) in [5.74, 6) is -4.94. The van der Waals surface area contributed by atoms with Crippen LogP contribution in [-0.4, -0.2) is 70.4 Å². The van der Waals surface area contributed by atoms with E-state index in [1.807, 2.05) is 0 Å². The van der Waals surface area contributed by atoms with E-state index in [9.17, 15) is 24.0 Å². The van der Waals surface area contributed by atoms with Gasteiger partial charge in [-0.3, -0.25) is 19.2 Å². The molecule has 0 heterocycles. The van der Waals surface area contributed by atoms with Gasteiger partial charge in [0, 0.05) is 11.5 Å². The van der Waals surface area contributed by atoms with Gasteiger partial charge in [0.2, 0.25) is 23.6 Å². The van der Waals surface area contributed by atoms with Crippen LogP contribution in [0.1, 0.15) is 26.7 Å². The predicted octanol–water partition coefficient (Wildman–Crippen LogP) is -2.37. The number of hydrogen-bond donors (Lipinski definition) is 8. The zero-order valence-electron chi connectivity index (χ0n) is 16.3. The van der Waals surface area contributed by atoms with E-state index in [-0.39, 0.29) is 17.4 Å². The molecule has 0 saturated heterocycles. The van der Waals surface area contributed by atoms with Crippen LogP contribution in [0.5, 0.6) is 0 Å². The summed E-state index contributed by atoms with van der Waals surface area (Å²) in [6.45, 7) is 3.51. The quantitative estimate of drug-likeness (QED) is 0.143. The number of thiol groups is 2. The Hall–Kier alpha value is -1.99. The van der Waals surface area contributed by atoms with Gasteiger partial charge in [0.05, 0.1) is 12.5 Å². The molecule has 0 fully saturated rings. The van der Waals surface area contributed by atoms with Crippen molar-refractivity contribution in [2.75, 3.05) is 11.5 Å². The van der Waals surface area contributed by atoms with Crippen LogP contribution in [0, 0.1) is 5.92 Å². The van der Waals surface area contributed by atoms with E-state index in [0.29, 0.717) is 6.42 Å². The second kappa shape index (κ2) is 13.3. The molecule has 8 N–H and O–H groups in total. The molecular formula is C16H29N5O6S2. The van der Waals surface area contributed by atoms with Crippen LogP contribution in [0.25, 0.3) is 0 Å². The minimum atomic E-state index is -1.43. The Bertz CT molecular complexity index is 621. The highest BCUT2D eigenvalue weighted by Gasteiger charge is 2.32. The van der Waals surface area contributed by atoms with Gasteiger partial charge in [-0.25, -0.2) is 4.79 Å². The van der Waals surface area contributed by atoms with Crippen LogP contribution in [0.4, 0.5) is 0 Å². The maximum Gasteiger partial charge on any atom is 0.327 e. The fourth-order valence-electron chi connectivity index (χ4n) is 2.17. The molecule has 5 atom stereocenters. The average Bonchev–Trinajstić information content (AvgIpc) is 2.66. The minimum Gasteiger partial charge on any atom is -0.480 e. The molecule has 0 aromatic heterocycles. The number of carboxylic acids is 1. The Morgan fingerprint density at radius 3 is 1.90 bits per heavy atom. The lowest BCUT2D eigenvalue weighted by Crippen LogP contribution is -2.59. The van der Waals surface area contributed by atoms with Crippen molar-refractivity contribution in [2.45, 2.75) is 50.9 Å². The van der Waals surface area contributed by atoms with Crippen molar-refractivity contribution in [3.05, 3.63) is 0 Å². The third kappa shape index (κ3) is 9.37. The van der Waals surface area contributed by atoms with Crippen molar-refractivity contribution < 1.29 is 29.1 Å². The molecule has 0 saturated carbocycles. The summed E-state index contributed by atoms with van der Waals surface area (Å²) in [5, 5.41) is 16.1. The van der Waals surface area contributed by atoms with Crippen LogP contribution < -0.4 is 27.4 Å². The molecule has 166 valence electrons. The van der Waals surface area contributed by atoms with Gasteiger partial charge in [0.15, 0.2) is 0 Å². The SMILES string of the molecule is CCC(C)C(NC(=O)C(N)CS)C(=O)NC(CC(N)=O)C(=O)NC(CS)C(=O)O. The van der Waals surface area contributed by atoms with E-state index in [1.54, 1.807) is 13.8 Å². The van der Waals surface area contributed by atoms with Gasteiger partial charge in [0.1, 0.15) is 18.1 Å². The predicted molar refractivity (Wildman–Crippen MR) is 112 cm³/mol. The fraction of sp³-hybridized carbons (Fsp3) is 0.688. The molecule has 0 rings (SSSR count). The molecule has 5 unspecified atom stereocenters. The summed E-state index contributed by atoms with van der Waals surface area (Å²) in [4.78, 5) is 59.6. The van der Waals surface area contributed by atoms with Gasteiger partial charge in [-0.15, -0.1) is 0 Å². The van der Waals surface area contributed by atoms with Crippen molar-refractivity contribution in [2.24, 2.45) is 17.4 Å². The molecule has 4 amide bonds. The first-order chi connectivity index (χ1) is 13.5. The standard InChI is InChI=1S/C16H29N5O6S2/c1-3-7(2)12(21-13(23)8(17)5-28)15(25)19-9(4-11(18)22)14(24)20-10(6-29)16(26)27/h7-10,12,28-29H,3-6,17H2,1-2H3,(H2,18,22)(H,19,25)(H,20,24)(H,21,23)(H,26,27). The lowest BCUT2D eigenvalue weighted by atomic mass is 9.97. The second-order valence-electron chi connectivity index (χ2n) is 6.47. The summed E-state index contributed by atoms with van der Waals surface area (Å²) in [5.41, 5.74) is 10.7. The highest BCUT2D eigenvalue weighted by Crippen LogP contribution is 2.09. The largest absolute Gasteiger partial charge is 0.480 e. The van der Waals surface area contributed by atoms with Gasteiger partial charge in [-0.05, 0) is 5.92 Å². The maximum absolute atomic E-state index is 12.7. The lowest BCUT2D eigenvalue weighted by molar-refractivity contribution is -0.141. The van der Waals surface area contributed by atoms with Gasteiger partial charge >= 0.3 is 5.97 Å². The summed E-state index contributed by atoms with van der Waals surface area (Å²) in [7, 11) is 0.